The van der Waals surface area contributed by atoms with Crippen LogP contribution in [-0.4, -0.2) is 105 Å². The number of rotatable bonds is 13. The van der Waals surface area contributed by atoms with Crippen molar-refractivity contribution in [1.29, 1.82) is 0 Å². The van der Waals surface area contributed by atoms with Gasteiger partial charge in [0, 0.05) is 63.1 Å². The molecule has 1 amide bonds. The molecule has 4 N–H and O–H groups in total. The molecular formula is C29H35FN6O6. The predicted octanol–water partition coefficient (Wildman–Crippen LogP) is 1.25. The molecule has 2 aromatic rings. The number of nitrogens with zero attached hydrogens (tertiary/aromatic N) is 3. The lowest BCUT2D eigenvalue weighted by Crippen LogP contribution is -2.55. The first-order valence-electron chi connectivity index (χ1n) is 13.9. The highest BCUT2D eigenvalue weighted by Gasteiger charge is 2.54. The second-order valence-corrected chi connectivity index (χ2v) is 10.1. The molecule has 0 bridgehead atoms. The van der Waals surface area contributed by atoms with E-state index in [1.807, 2.05) is 0 Å². The number of aliphatic carboxylic acids is 1. The summed E-state index contributed by atoms with van der Waals surface area (Å²) in [6.45, 7) is 5.44. The van der Waals surface area contributed by atoms with Crippen molar-refractivity contribution in [3.05, 3.63) is 65.4 Å². The zero-order chi connectivity index (χ0) is 29.5. The number of amides is 1. The van der Waals surface area contributed by atoms with Gasteiger partial charge in [-0.05, 0) is 24.3 Å². The molecule has 0 saturated carbocycles. The van der Waals surface area contributed by atoms with Gasteiger partial charge in [-0.3, -0.25) is 24.5 Å². The number of carboxylic acid groups (broad SMARTS) is 1. The molecular weight excluding hydrogens is 547 g/mol. The number of methoxy groups -OCH3 is 1. The molecule has 13 heteroatoms. The van der Waals surface area contributed by atoms with Crippen LogP contribution in [0.3, 0.4) is 0 Å². The van der Waals surface area contributed by atoms with Gasteiger partial charge in [0.05, 0.1) is 50.3 Å². The summed E-state index contributed by atoms with van der Waals surface area (Å²) in [6, 6.07) is 7.81. The van der Waals surface area contributed by atoms with Crippen molar-refractivity contribution in [2.24, 2.45) is 10.9 Å². The van der Waals surface area contributed by atoms with Gasteiger partial charge < -0.3 is 35.3 Å². The van der Waals surface area contributed by atoms with Crippen LogP contribution >= 0.6 is 0 Å². The molecule has 1 aromatic heterocycles. The van der Waals surface area contributed by atoms with Crippen molar-refractivity contribution in [3.8, 4) is 5.75 Å². The highest BCUT2D eigenvalue weighted by molar-refractivity contribution is 6.19. The highest BCUT2D eigenvalue weighted by Crippen LogP contribution is 2.43. The number of carbonyl (C=O) groups is 2. The molecule has 1 saturated heterocycles. The second-order valence-electron chi connectivity index (χ2n) is 10.1. The fraction of sp³-hybridized carbons (Fsp3) is 0.448. The first-order chi connectivity index (χ1) is 20.4. The lowest BCUT2D eigenvalue weighted by molar-refractivity contribution is -0.138. The summed E-state index contributed by atoms with van der Waals surface area (Å²) in [4.78, 5) is 36.5. The molecule has 12 nitrogen and oxygen atoms in total. The lowest BCUT2D eigenvalue weighted by Gasteiger charge is -2.37. The number of aromatic nitrogens is 1. The molecule has 3 aliphatic heterocycles. The summed E-state index contributed by atoms with van der Waals surface area (Å²) in [5.41, 5.74) is -0.186. The van der Waals surface area contributed by atoms with Crippen LogP contribution in [-0.2, 0) is 19.1 Å². The van der Waals surface area contributed by atoms with E-state index >= 15 is 0 Å². The third kappa shape index (κ3) is 6.28. The van der Waals surface area contributed by atoms with E-state index in [1.165, 1.54) is 19.2 Å². The Labute approximate surface area is 242 Å². The van der Waals surface area contributed by atoms with E-state index in [-0.39, 0.29) is 43.2 Å². The standard InChI is InChI=1S/C29H35FN6O6/c1-40-26-21(30)3-2-4-22(26)35-29(42-16-15-41-14-13-36-11-9-32-10-12-36)24-25(20(17-23(37)38)18-33-28(24)39)34-27(29)19-5-7-31-8-6-19/h2-8,20,32,35H,9-18H2,1H3,(H,33,39)(H,37,38). The Morgan fingerprint density at radius 2 is 1.98 bits per heavy atom. The molecule has 2 atom stereocenters. The SMILES string of the molecule is COc1c(F)cccc1NC1(OCCOCCN2CCNCC2)C(c2ccncc2)=NC2=C1C(=O)NCC2CC(=O)O. The number of halogens is 1. The Bertz CT molecular complexity index is 1350. The topological polar surface area (TPSA) is 147 Å². The minimum Gasteiger partial charge on any atom is -0.492 e. The van der Waals surface area contributed by atoms with E-state index in [0.29, 0.717) is 23.6 Å². The number of hydrogen-bond donors (Lipinski definition) is 4. The lowest BCUT2D eigenvalue weighted by atomic mass is 9.87. The van der Waals surface area contributed by atoms with Crippen LogP contribution in [0.15, 0.2) is 59.0 Å². The number of carbonyl (C=O) groups excluding carboxylic acids is 1. The van der Waals surface area contributed by atoms with Gasteiger partial charge in [-0.2, -0.15) is 0 Å². The smallest absolute Gasteiger partial charge is 0.304 e. The van der Waals surface area contributed by atoms with Crippen molar-refractivity contribution < 1.29 is 33.3 Å². The van der Waals surface area contributed by atoms with Gasteiger partial charge in [0.1, 0.15) is 5.71 Å². The highest BCUT2D eigenvalue weighted by atomic mass is 19.1. The number of pyridine rings is 1. The van der Waals surface area contributed by atoms with E-state index < -0.39 is 29.3 Å². The van der Waals surface area contributed by atoms with Gasteiger partial charge in [-0.15, -0.1) is 0 Å². The van der Waals surface area contributed by atoms with E-state index in [0.717, 1.165) is 32.7 Å². The van der Waals surface area contributed by atoms with Gasteiger partial charge in [-0.1, -0.05) is 6.07 Å². The molecule has 5 rings (SSSR count). The first kappa shape index (κ1) is 29.6. The van der Waals surface area contributed by atoms with Gasteiger partial charge in [0.25, 0.3) is 5.91 Å². The maximum absolute atomic E-state index is 14.8. The predicted molar refractivity (Wildman–Crippen MR) is 152 cm³/mol. The van der Waals surface area contributed by atoms with Crippen LogP contribution < -0.4 is 20.7 Å². The second kappa shape index (κ2) is 13.4. The Morgan fingerprint density at radius 1 is 1.19 bits per heavy atom. The Balaban J connectivity index is 1.50. The average molecular weight is 583 g/mol. The zero-order valence-electron chi connectivity index (χ0n) is 23.4. The normalized spacial score (nSPS) is 22.4. The van der Waals surface area contributed by atoms with Crippen LogP contribution in [0.2, 0.25) is 0 Å². The largest absolute Gasteiger partial charge is 0.492 e. The Hall–Kier alpha value is -3.91. The average Bonchev–Trinajstić information content (AvgIpc) is 3.33. The maximum Gasteiger partial charge on any atom is 0.304 e. The fourth-order valence-electron chi connectivity index (χ4n) is 5.47. The molecule has 0 aliphatic carbocycles. The molecule has 0 radical (unpaired) electrons. The molecule has 3 aliphatic rings. The number of carboxylic acids is 1. The minimum absolute atomic E-state index is 0.0456. The summed E-state index contributed by atoms with van der Waals surface area (Å²) in [5, 5.41) is 18.9. The molecule has 224 valence electrons. The number of hydrogen-bond acceptors (Lipinski definition) is 10. The molecule has 4 heterocycles. The molecule has 1 fully saturated rings. The van der Waals surface area contributed by atoms with E-state index in [2.05, 4.69) is 25.8 Å². The number of nitrogens with one attached hydrogen (secondary N) is 3. The van der Waals surface area contributed by atoms with Crippen molar-refractivity contribution in [3.63, 3.8) is 0 Å². The van der Waals surface area contributed by atoms with Gasteiger partial charge >= 0.3 is 5.97 Å². The molecule has 1 aromatic carbocycles. The number of benzene rings is 1. The number of anilines is 1. The van der Waals surface area contributed by atoms with Crippen LogP contribution in [0, 0.1) is 11.7 Å². The van der Waals surface area contributed by atoms with E-state index in [4.69, 9.17) is 19.2 Å². The number of aliphatic imine (C=N–C) groups is 1. The van der Waals surface area contributed by atoms with Gasteiger partial charge in [0.15, 0.2) is 11.6 Å². The van der Waals surface area contributed by atoms with Crippen molar-refractivity contribution in [1.82, 2.24) is 20.5 Å². The van der Waals surface area contributed by atoms with Crippen molar-refractivity contribution in [2.45, 2.75) is 12.1 Å². The van der Waals surface area contributed by atoms with E-state index in [9.17, 15) is 19.1 Å². The molecule has 2 unspecified atom stereocenters. The summed E-state index contributed by atoms with van der Waals surface area (Å²) in [7, 11) is 1.34. The Kier molecular flexibility index (Phi) is 9.42. The fourth-order valence-corrected chi connectivity index (χ4v) is 5.47. The summed E-state index contributed by atoms with van der Waals surface area (Å²) >= 11 is 0. The van der Waals surface area contributed by atoms with Crippen LogP contribution in [0.4, 0.5) is 10.1 Å². The third-order valence-corrected chi connectivity index (χ3v) is 7.46. The van der Waals surface area contributed by atoms with Gasteiger partial charge in [-0.25, -0.2) is 4.39 Å². The van der Waals surface area contributed by atoms with Crippen LogP contribution in [0.1, 0.15) is 12.0 Å². The summed E-state index contributed by atoms with van der Waals surface area (Å²) < 4.78 is 32.6. The minimum atomic E-state index is -1.72. The van der Waals surface area contributed by atoms with Gasteiger partial charge in [0.2, 0.25) is 5.72 Å². The van der Waals surface area contributed by atoms with Crippen molar-refractivity contribution in [2.75, 3.05) is 71.5 Å². The number of para-hydroxylation sites is 1. The first-order valence-corrected chi connectivity index (χ1v) is 13.9. The third-order valence-electron chi connectivity index (χ3n) is 7.46. The molecule has 42 heavy (non-hydrogen) atoms. The maximum atomic E-state index is 14.8. The number of ether oxygens (including phenoxy) is 3. The monoisotopic (exact) mass is 582 g/mol. The summed E-state index contributed by atoms with van der Waals surface area (Å²) in [5.74, 6) is -2.79. The zero-order valence-corrected chi connectivity index (χ0v) is 23.4. The Morgan fingerprint density at radius 3 is 2.71 bits per heavy atom. The summed E-state index contributed by atoms with van der Waals surface area (Å²) in [6.07, 6.45) is 2.91. The number of piperazine rings is 1. The quantitative estimate of drug-likeness (QED) is 0.201. The molecule has 0 spiro atoms. The van der Waals surface area contributed by atoms with Crippen molar-refractivity contribution >= 4 is 23.3 Å². The van der Waals surface area contributed by atoms with Crippen LogP contribution in [0.5, 0.6) is 5.75 Å². The van der Waals surface area contributed by atoms with E-state index in [1.54, 1.807) is 30.6 Å². The van der Waals surface area contributed by atoms with Crippen LogP contribution in [0.25, 0.3) is 0 Å².